The number of allylic oxidation sites excluding steroid dienone is 8. The molecule has 0 bridgehead atoms. The number of carbonyl (C=O) groups is 12. The molecule has 0 radical (unpaired) electrons. The van der Waals surface area contributed by atoms with Gasteiger partial charge in [-0.25, -0.2) is 0 Å². The Bertz CT molecular complexity index is 5160. The summed E-state index contributed by atoms with van der Waals surface area (Å²) >= 11 is 0. The van der Waals surface area contributed by atoms with Gasteiger partial charge in [0, 0.05) is 127 Å². The molecule has 0 aromatic heterocycles. The minimum absolute atomic E-state index is 0.00884. The summed E-state index contributed by atoms with van der Waals surface area (Å²) in [5, 5.41) is 79.0. The Morgan fingerprint density at radius 3 is 1.02 bits per heavy atom. The molecule has 0 fully saturated rings. The Morgan fingerprint density at radius 1 is 0.298 bits per heavy atom. The van der Waals surface area contributed by atoms with Gasteiger partial charge in [-0.2, -0.15) is 0 Å². The molecule has 0 saturated carbocycles. The number of nitrogens with one attached hydrogen (secondary N) is 6. The number of hydrogen-bond donors (Lipinski definition) is 12. The lowest BCUT2D eigenvalue weighted by Gasteiger charge is -2.23. The molecule has 114 heavy (non-hydrogen) atoms. The van der Waals surface area contributed by atoms with Crippen LogP contribution in [0, 0.1) is 25.7 Å². The van der Waals surface area contributed by atoms with Gasteiger partial charge in [-0.05, 0) is 189 Å². The van der Waals surface area contributed by atoms with Gasteiger partial charge < -0.3 is 62.5 Å². The second-order valence-electron chi connectivity index (χ2n) is 29.1. The van der Waals surface area contributed by atoms with Gasteiger partial charge in [0.15, 0.2) is 69.4 Å². The molecule has 0 amide bonds. The maximum Gasteiger partial charge on any atom is 0.194 e. The van der Waals surface area contributed by atoms with Crippen LogP contribution in [0.1, 0.15) is 235 Å². The van der Waals surface area contributed by atoms with E-state index in [-0.39, 0.29) is 150 Å². The van der Waals surface area contributed by atoms with Crippen molar-refractivity contribution in [2.45, 2.75) is 126 Å². The van der Waals surface area contributed by atoms with Crippen LogP contribution in [0.5, 0.6) is 34.5 Å². The molecule has 0 spiro atoms. The van der Waals surface area contributed by atoms with Gasteiger partial charge in [-0.15, -0.1) is 0 Å². The van der Waals surface area contributed by atoms with Gasteiger partial charge >= 0.3 is 0 Å². The van der Waals surface area contributed by atoms with E-state index in [9.17, 15) is 88.2 Å². The fraction of sp³-hybridized carbons (Fsp3) is 0.333. The van der Waals surface area contributed by atoms with Gasteiger partial charge in [-0.3, -0.25) is 57.5 Å². The van der Waals surface area contributed by atoms with Crippen LogP contribution in [0.25, 0.3) is 0 Å². The van der Waals surface area contributed by atoms with E-state index in [1.54, 1.807) is 143 Å². The molecule has 24 heteroatoms. The van der Waals surface area contributed by atoms with Gasteiger partial charge in [-0.1, -0.05) is 93.6 Å². The van der Waals surface area contributed by atoms with Crippen molar-refractivity contribution in [2.24, 2.45) is 11.8 Å². The molecule has 0 heterocycles. The highest BCUT2D eigenvalue weighted by Crippen LogP contribution is 2.44. The number of hydrogen-bond acceptors (Lipinski definition) is 24. The molecule has 0 aliphatic heterocycles. The summed E-state index contributed by atoms with van der Waals surface area (Å²) in [4.78, 5) is 146. The first-order valence-corrected chi connectivity index (χ1v) is 37.5. The normalized spacial score (nSPS) is 16.2. The van der Waals surface area contributed by atoms with Crippen molar-refractivity contribution in [2.75, 3.05) is 61.9 Å². The number of benzene rings is 6. The largest absolute Gasteiger partial charge is 0.507 e. The molecule has 6 aromatic rings. The summed E-state index contributed by atoms with van der Waals surface area (Å²) < 4.78 is 0. The Kier molecular flexibility index (Phi) is 30.4. The number of fused-ring (bicyclic) bond motifs is 6. The highest BCUT2D eigenvalue weighted by Gasteiger charge is 2.39. The Balaban J connectivity index is 0.000000190. The van der Waals surface area contributed by atoms with E-state index in [4.69, 9.17) is 0 Å². The average Bonchev–Trinajstić information content (AvgIpc) is 0.776. The summed E-state index contributed by atoms with van der Waals surface area (Å²) in [5.74, 6) is -4.04. The summed E-state index contributed by atoms with van der Waals surface area (Å²) in [6.45, 7) is 23.6. The Morgan fingerprint density at radius 2 is 0.605 bits per heavy atom. The predicted molar refractivity (Wildman–Crippen MR) is 436 cm³/mol. The van der Waals surface area contributed by atoms with Crippen molar-refractivity contribution in [3.8, 4) is 34.5 Å². The monoisotopic (exact) mass is 1550 g/mol. The fourth-order valence-electron chi connectivity index (χ4n) is 14.6. The molecule has 12 N–H and O–H groups in total. The molecular weight excluding hydrogens is 1450 g/mol. The summed E-state index contributed by atoms with van der Waals surface area (Å²) in [6.07, 6.45) is 5.96. The first kappa shape index (κ1) is 89.6. The number of phenolic OH excluding ortho intramolecular Hbond substituents is 6. The maximum absolute atomic E-state index is 12.5. The second kappa shape index (κ2) is 38.7. The lowest BCUT2D eigenvalue weighted by molar-refractivity contribution is 0.0963. The smallest absolute Gasteiger partial charge is 0.194 e. The molecular formula is C90H102N6O18. The molecule has 6 aliphatic carbocycles. The van der Waals surface area contributed by atoms with Crippen LogP contribution in [-0.2, 0) is 6.42 Å². The third-order valence-electron chi connectivity index (χ3n) is 21.3. The van der Waals surface area contributed by atoms with E-state index in [0.717, 1.165) is 24.3 Å². The van der Waals surface area contributed by atoms with Gasteiger partial charge in [0.1, 0.15) is 34.5 Å². The molecule has 6 aliphatic rings. The standard InChI is InChI=1S/2C15H17NO4.2C15H17NO3.2C15H17NO2/c1-7(16-3)6-9-8(2)14(19)12-10(17)4-5-11(18)13(12)15(9)20;1-7(6-16-3)11-8(2)14(19)12-9(17)4-5-10(18)13(12)15(11)20;1-8(16-3)7-11-9(2)14(18)10-5-4-6-12(17)13(10)15(11)19;1-8(7-16-3)12-9(2)14(18)10-5-4-6-11(17)13(10)15(12)19;1-9(8-16-3)13-10(2)14(17)11-6-4-5-7-12(11)15(13)18;1-9(16-3)8-13-10(2)14(17)11-6-4-5-7-12(11)15(13)18/h2*4-5,7,16,19-20H,6H2,1-3H3;2*4-6,8,16-17H,7H2,1-3H3;2*4-7,9,16H,8H2,1-3H3. The van der Waals surface area contributed by atoms with Crippen molar-refractivity contribution < 1.29 is 88.2 Å². The van der Waals surface area contributed by atoms with E-state index in [1.165, 1.54) is 12.1 Å². The first-order chi connectivity index (χ1) is 53.9. The first-order valence-electron chi connectivity index (χ1n) is 37.5. The lowest BCUT2D eigenvalue weighted by atomic mass is 9.79. The minimum atomic E-state index is -0.469. The zero-order valence-electron chi connectivity index (χ0n) is 67.7. The number of rotatable bonds is 18. The third kappa shape index (κ3) is 18.5. The SMILES string of the molecule is CNC(C)CC1=C(C)C(=O)c2cccc(O)c2C1=O.CNC(C)CC1=C(C)C(=O)c2ccccc2C1=O.CNC(C)Cc1c(C)c(O)c2c(c1O)C(=O)C=CC2=O.CNCC(C)C1=C(C)C(=O)c2cccc(O)c2C1=O.CNCC(C)C1=C(C)C(=O)c2ccccc2C1=O.CNCC(C)c1c(C)c(O)c2c(c1O)C(=O)C=CC2=O. The van der Waals surface area contributed by atoms with E-state index in [0.29, 0.717) is 139 Å². The van der Waals surface area contributed by atoms with Crippen LogP contribution in [0.3, 0.4) is 0 Å². The van der Waals surface area contributed by atoms with Crippen LogP contribution in [0.2, 0.25) is 0 Å². The summed E-state index contributed by atoms with van der Waals surface area (Å²) in [6, 6.07) is 23.6. The topological polar surface area (TPSA) is 398 Å². The number of phenols is 6. The minimum Gasteiger partial charge on any atom is -0.507 e. The molecule has 0 saturated heterocycles. The number of aromatic hydroxyl groups is 6. The van der Waals surface area contributed by atoms with E-state index in [1.807, 2.05) is 55.6 Å². The van der Waals surface area contributed by atoms with Crippen molar-refractivity contribution in [1.29, 1.82) is 0 Å². The zero-order chi connectivity index (χ0) is 84.9. The molecule has 6 unspecified atom stereocenters. The van der Waals surface area contributed by atoms with Crippen LogP contribution in [-0.4, -0.2) is 180 Å². The number of carbonyl (C=O) groups excluding carboxylic acids is 12. The Labute approximate surface area is 663 Å². The predicted octanol–water partition coefficient (Wildman–Crippen LogP) is 11.8. The quantitative estimate of drug-likeness (QED) is 0.0356. The molecule has 6 atom stereocenters. The van der Waals surface area contributed by atoms with E-state index in [2.05, 4.69) is 31.9 Å². The van der Waals surface area contributed by atoms with Crippen molar-refractivity contribution >= 4 is 69.4 Å². The highest BCUT2D eigenvalue weighted by atomic mass is 16.3. The molecule has 12 rings (SSSR count). The van der Waals surface area contributed by atoms with E-state index >= 15 is 0 Å². The Hall–Kier alpha value is -11.6. The zero-order valence-corrected chi connectivity index (χ0v) is 67.7. The molecule has 600 valence electrons. The number of Topliss-reactive ketones (excluding diaryl/α,β-unsaturated/α-hetero) is 8. The number of likely N-dealkylation sites (N-methyl/N-ethyl adjacent to an activating group) is 2. The molecule has 6 aromatic carbocycles. The average molecular weight is 1560 g/mol. The van der Waals surface area contributed by atoms with Crippen LogP contribution < -0.4 is 31.9 Å². The third-order valence-corrected chi connectivity index (χ3v) is 21.3. The van der Waals surface area contributed by atoms with Gasteiger partial charge in [0.05, 0.1) is 33.4 Å². The maximum atomic E-state index is 12.5. The van der Waals surface area contributed by atoms with Crippen molar-refractivity contribution in [3.63, 3.8) is 0 Å². The van der Waals surface area contributed by atoms with Crippen LogP contribution >= 0.6 is 0 Å². The fourth-order valence-corrected chi connectivity index (χ4v) is 14.6. The van der Waals surface area contributed by atoms with E-state index < -0.39 is 23.1 Å². The lowest BCUT2D eigenvalue weighted by Crippen LogP contribution is -2.28. The summed E-state index contributed by atoms with van der Waals surface area (Å²) in [7, 11) is 10.9. The van der Waals surface area contributed by atoms with Crippen LogP contribution in [0.4, 0.5) is 0 Å². The second-order valence-corrected chi connectivity index (χ2v) is 29.1. The number of ketones is 12. The molecule has 24 nitrogen and oxygen atoms in total. The summed E-state index contributed by atoms with van der Waals surface area (Å²) in [5.41, 5.74) is 8.81. The van der Waals surface area contributed by atoms with Crippen LogP contribution in [0.15, 0.2) is 154 Å². The van der Waals surface area contributed by atoms with Crippen molar-refractivity contribution in [3.05, 3.63) is 243 Å². The highest BCUT2D eigenvalue weighted by molar-refractivity contribution is 6.31. The van der Waals surface area contributed by atoms with Crippen molar-refractivity contribution in [1.82, 2.24) is 31.9 Å². The van der Waals surface area contributed by atoms with Gasteiger partial charge in [0.2, 0.25) is 0 Å². The van der Waals surface area contributed by atoms with Gasteiger partial charge in [0.25, 0.3) is 0 Å².